The van der Waals surface area contributed by atoms with Crippen molar-refractivity contribution in [3.05, 3.63) is 46.2 Å². The fraction of sp³-hybridized carbons (Fsp3) is 0.435. The number of hydrogen-bond acceptors (Lipinski definition) is 5. The van der Waals surface area contributed by atoms with Crippen molar-refractivity contribution < 1.29 is 14.3 Å². The number of para-hydroxylation sites is 2. The van der Waals surface area contributed by atoms with Crippen molar-refractivity contribution in [1.82, 2.24) is 9.55 Å². The molecular formula is C23H27N3O3S. The van der Waals surface area contributed by atoms with Gasteiger partial charge in [-0.2, -0.15) is 0 Å². The molecule has 30 heavy (non-hydrogen) atoms. The number of anilines is 1. The molecule has 7 heteroatoms. The van der Waals surface area contributed by atoms with Crippen LogP contribution < -0.4 is 4.90 Å². The molecule has 3 heterocycles. The van der Waals surface area contributed by atoms with Crippen LogP contribution in [0.25, 0.3) is 11.0 Å². The molecule has 2 atom stereocenters. The molecule has 0 fully saturated rings. The van der Waals surface area contributed by atoms with E-state index in [1.165, 1.54) is 0 Å². The molecule has 2 aromatic heterocycles. The van der Waals surface area contributed by atoms with Crippen molar-refractivity contribution in [3.8, 4) is 0 Å². The topological polar surface area (TPSA) is 64.4 Å². The minimum absolute atomic E-state index is 0.217. The fourth-order valence-corrected chi connectivity index (χ4v) is 5.25. The molecule has 0 aliphatic carbocycles. The third-order valence-corrected chi connectivity index (χ3v) is 6.73. The third-order valence-electron chi connectivity index (χ3n) is 5.64. The van der Waals surface area contributed by atoms with E-state index in [-0.39, 0.29) is 12.5 Å². The molecule has 3 aromatic rings. The zero-order valence-corrected chi connectivity index (χ0v) is 18.4. The Kier molecular flexibility index (Phi) is 5.90. The molecule has 0 radical (unpaired) electrons. The van der Waals surface area contributed by atoms with Gasteiger partial charge in [0, 0.05) is 11.4 Å². The minimum atomic E-state index is -0.922. The highest BCUT2D eigenvalue weighted by Gasteiger charge is 2.48. The van der Waals surface area contributed by atoms with E-state index in [0.717, 1.165) is 40.7 Å². The van der Waals surface area contributed by atoms with E-state index in [1.807, 2.05) is 42.6 Å². The van der Waals surface area contributed by atoms with Gasteiger partial charge in [0.1, 0.15) is 0 Å². The van der Waals surface area contributed by atoms with Crippen molar-refractivity contribution in [3.63, 3.8) is 0 Å². The summed E-state index contributed by atoms with van der Waals surface area (Å²) in [5.41, 5.74) is 2.81. The molecule has 0 N–H and O–H groups in total. The molecule has 0 saturated heterocycles. The van der Waals surface area contributed by atoms with Gasteiger partial charge in [0.2, 0.25) is 11.9 Å². The highest BCUT2D eigenvalue weighted by atomic mass is 32.1. The summed E-state index contributed by atoms with van der Waals surface area (Å²) in [6, 6.07) is 9.43. The first-order valence-electron chi connectivity index (χ1n) is 10.6. The van der Waals surface area contributed by atoms with Crippen LogP contribution >= 0.6 is 11.3 Å². The number of carbonyl (C=O) groups is 2. The van der Waals surface area contributed by atoms with Crippen LogP contribution in [0.1, 0.15) is 49.6 Å². The number of ether oxygens (including phenoxy) is 1. The lowest BCUT2D eigenvalue weighted by Crippen LogP contribution is -2.50. The Morgan fingerprint density at radius 2 is 2.00 bits per heavy atom. The summed E-state index contributed by atoms with van der Waals surface area (Å²) < 4.78 is 7.45. The Hall–Kier alpha value is -2.67. The number of hydrogen-bond donors (Lipinski definition) is 0. The van der Waals surface area contributed by atoms with Crippen molar-refractivity contribution in [2.75, 3.05) is 18.1 Å². The van der Waals surface area contributed by atoms with E-state index in [0.29, 0.717) is 12.5 Å². The number of esters is 1. The van der Waals surface area contributed by atoms with Crippen LogP contribution in [0.2, 0.25) is 0 Å². The Bertz CT molecular complexity index is 1070. The Labute approximate surface area is 180 Å². The number of unbranched alkanes of at least 4 members (excludes halogenated alkanes) is 2. The fourth-order valence-electron chi connectivity index (χ4n) is 4.19. The number of amides is 1. The van der Waals surface area contributed by atoms with E-state index in [4.69, 9.17) is 9.72 Å². The van der Waals surface area contributed by atoms with Gasteiger partial charge in [0.15, 0.2) is 5.92 Å². The predicted molar refractivity (Wildman–Crippen MR) is 119 cm³/mol. The number of rotatable bonds is 7. The van der Waals surface area contributed by atoms with Crippen molar-refractivity contribution in [2.24, 2.45) is 5.92 Å². The highest BCUT2D eigenvalue weighted by molar-refractivity contribution is 7.10. The molecule has 6 nitrogen and oxygen atoms in total. The van der Waals surface area contributed by atoms with E-state index in [1.54, 1.807) is 23.2 Å². The smallest absolute Gasteiger partial charge is 0.321 e. The molecule has 0 unspecified atom stereocenters. The first-order chi connectivity index (χ1) is 14.6. The normalized spacial score (nSPS) is 18.6. The number of aromatic nitrogens is 2. The lowest BCUT2D eigenvalue weighted by Gasteiger charge is -2.37. The van der Waals surface area contributed by atoms with Gasteiger partial charge in [0.25, 0.3) is 0 Å². The van der Waals surface area contributed by atoms with Crippen LogP contribution in [0.15, 0.2) is 35.7 Å². The largest absolute Gasteiger partial charge is 0.465 e. The van der Waals surface area contributed by atoms with E-state index in [9.17, 15) is 9.59 Å². The zero-order chi connectivity index (χ0) is 21.3. The number of fused-ring (bicyclic) bond motifs is 3. The van der Waals surface area contributed by atoms with Gasteiger partial charge in [0.05, 0.1) is 23.7 Å². The number of nitrogens with zero attached hydrogens (tertiary/aromatic N) is 3. The van der Waals surface area contributed by atoms with Gasteiger partial charge in [-0.15, -0.1) is 11.3 Å². The Morgan fingerprint density at radius 3 is 2.70 bits per heavy atom. The molecule has 1 aliphatic heterocycles. The molecule has 4 rings (SSSR count). The summed E-state index contributed by atoms with van der Waals surface area (Å²) in [6.07, 6.45) is 2.93. The molecular weight excluding hydrogens is 398 g/mol. The zero-order valence-electron chi connectivity index (χ0n) is 17.6. The van der Waals surface area contributed by atoms with Gasteiger partial charge in [-0.05, 0) is 49.4 Å². The predicted octanol–water partition coefficient (Wildman–Crippen LogP) is 4.71. The molecule has 0 spiro atoms. The number of aryl methyl sites for hydroxylation is 1. The first-order valence-corrected chi connectivity index (χ1v) is 11.4. The number of imidazole rings is 1. The summed E-state index contributed by atoms with van der Waals surface area (Å²) in [4.78, 5) is 34.2. The van der Waals surface area contributed by atoms with E-state index < -0.39 is 17.9 Å². The third kappa shape index (κ3) is 3.41. The van der Waals surface area contributed by atoms with Crippen LogP contribution in [0, 0.1) is 12.8 Å². The average molecular weight is 426 g/mol. The van der Waals surface area contributed by atoms with Gasteiger partial charge in [-0.1, -0.05) is 31.9 Å². The monoisotopic (exact) mass is 425 g/mol. The summed E-state index contributed by atoms with van der Waals surface area (Å²) in [5.74, 6) is -0.987. The van der Waals surface area contributed by atoms with E-state index in [2.05, 4.69) is 11.5 Å². The molecule has 158 valence electrons. The Balaban J connectivity index is 1.94. The van der Waals surface area contributed by atoms with Gasteiger partial charge < -0.3 is 4.74 Å². The summed E-state index contributed by atoms with van der Waals surface area (Å²) in [5, 5.41) is 2.00. The van der Waals surface area contributed by atoms with Crippen LogP contribution in [0.5, 0.6) is 0 Å². The van der Waals surface area contributed by atoms with Crippen molar-refractivity contribution >= 4 is 40.2 Å². The summed E-state index contributed by atoms with van der Waals surface area (Å²) in [7, 11) is 0. The molecule has 1 amide bonds. The van der Waals surface area contributed by atoms with Crippen molar-refractivity contribution in [1.29, 1.82) is 0 Å². The lowest BCUT2D eigenvalue weighted by atomic mass is 9.92. The van der Waals surface area contributed by atoms with Crippen molar-refractivity contribution in [2.45, 2.75) is 46.1 Å². The number of thiophene rings is 1. The molecule has 0 saturated carbocycles. The van der Waals surface area contributed by atoms with E-state index >= 15 is 0 Å². The maximum absolute atomic E-state index is 13.7. The second-order valence-electron chi connectivity index (χ2n) is 7.61. The van der Waals surface area contributed by atoms with Crippen LogP contribution in [-0.2, 0) is 14.3 Å². The maximum atomic E-state index is 13.7. The second kappa shape index (κ2) is 8.60. The van der Waals surface area contributed by atoms with Crippen LogP contribution in [0.3, 0.4) is 0 Å². The Morgan fingerprint density at radius 1 is 1.20 bits per heavy atom. The average Bonchev–Trinajstić information content (AvgIpc) is 3.33. The van der Waals surface area contributed by atoms with Gasteiger partial charge >= 0.3 is 5.97 Å². The summed E-state index contributed by atoms with van der Waals surface area (Å²) in [6.45, 7) is 6.71. The molecule has 1 aromatic carbocycles. The second-order valence-corrected chi connectivity index (χ2v) is 8.56. The lowest BCUT2D eigenvalue weighted by molar-refractivity contribution is -0.153. The quantitative estimate of drug-likeness (QED) is 0.312. The standard InChI is InChI=1S/C23H27N3O3S/c1-4-6-9-13-25-21(27)18(22(28)29-5-2)19(20-15(3)12-14-30-20)26-17-11-8-7-10-16(17)24-23(25)26/h7-8,10-12,14,18-19H,4-6,9,13H2,1-3H3/t18-,19-/m1/s1. The SMILES string of the molecule is CCCCCN1C(=O)[C@H](C(=O)OCC)[C@H](c2sccc2C)n2c1nc1ccccc12. The highest BCUT2D eigenvalue weighted by Crippen LogP contribution is 2.43. The van der Waals surface area contributed by atoms with Crippen LogP contribution in [0.4, 0.5) is 5.95 Å². The number of benzene rings is 1. The van der Waals surface area contributed by atoms with Gasteiger partial charge in [-0.25, -0.2) is 4.98 Å². The first kappa shape index (κ1) is 20.6. The number of carbonyl (C=O) groups excluding carboxylic acids is 2. The minimum Gasteiger partial charge on any atom is -0.465 e. The van der Waals surface area contributed by atoms with Crippen LogP contribution in [-0.4, -0.2) is 34.6 Å². The maximum Gasteiger partial charge on any atom is 0.321 e. The summed E-state index contributed by atoms with van der Waals surface area (Å²) >= 11 is 1.57. The molecule has 0 bridgehead atoms. The molecule has 1 aliphatic rings. The van der Waals surface area contributed by atoms with Gasteiger partial charge in [-0.3, -0.25) is 19.1 Å².